The first kappa shape index (κ1) is 15.9. The van der Waals surface area contributed by atoms with Gasteiger partial charge in [0.1, 0.15) is 5.82 Å². The molecule has 0 aliphatic rings. The molecule has 0 spiro atoms. The van der Waals surface area contributed by atoms with Crippen LogP contribution in [0.2, 0.25) is 0 Å². The molecule has 0 amide bonds. The Hall–Kier alpha value is -3.63. The van der Waals surface area contributed by atoms with Gasteiger partial charge in [0.15, 0.2) is 0 Å². The Morgan fingerprint density at radius 3 is 2.65 bits per heavy atom. The van der Waals surface area contributed by atoms with Crippen molar-refractivity contribution in [2.75, 3.05) is 11.9 Å². The van der Waals surface area contributed by atoms with Gasteiger partial charge in [0, 0.05) is 31.3 Å². The average molecular weight is 351 g/mol. The minimum Gasteiger partial charge on any atom is -0.355 e. The summed E-state index contributed by atoms with van der Waals surface area (Å²) in [7, 11) is 0. The van der Waals surface area contributed by atoms with Crippen molar-refractivity contribution in [1.82, 2.24) is 49.9 Å². The summed E-state index contributed by atoms with van der Waals surface area (Å²) in [6, 6.07) is 0. The van der Waals surface area contributed by atoms with Crippen LogP contribution in [-0.2, 0) is 0 Å². The van der Waals surface area contributed by atoms with E-state index in [0.29, 0.717) is 11.9 Å². The lowest BCUT2D eigenvalue weighted by Crippen LogP contribution is -2.04. The maximum Gasteiger partial charge on any atom is 0.290 e. The maximum atomic E-state index is 4.52. The van der Waals surface area contributed by atoms with Gasteiger partial charge >= 0.3 is 0 Å². The number of rotatable bonds is 5. The number of hydrogen-bond acceptors (Lipinski definition) is 8. The zero-order valence-corrected chi connectivity index (χ0v) is 14.5. The molecule has 2 N–H and O–H groups in total. The van der Waals surface area contributed by atoms with Crippen LogP contribution in [0.15, 0.2) is 24.8 Å². The first-order valence-corrected chi connectivity index (χ1v) is 8.09. The van der Waals surface area contributed by atoms with E-state index >= 15 is 0 Å². The van der Waals surface area contributed by atoms with Crippen molar-refractivity contribution in [3.8, 4) is 23.0 Å². The van der Waals surface area contributed by atoms with Crippen molar-refractivity contribution >= 4 is 5.95 Å². The number of imidazole rings is 1. The van der Waals surface area contributed by atoms with Gasteiger partial charge in [0.25, 0.3) is 5.95 Å². The Balaban J connectivity index is 1.78. The van der Waals surface area contributed by atoms with E-state index in [2.05, 4.69) is 46.0 Å². The molecule has 4 aromatic rings. The first-order valence-electron chi connectivity index (χ1n) is 8.09. The molecule has 11 heteroatoms. The highest BCUT2D eigenvalue weighted by Gasteiger charge is 2.19. The highest BCUT2D eigenvalue weighted by atomic mass is 15.5. The molecule has 0 aliphatic heterocycles. The van der Waals surface area contributed by atoms with Crippen molar-refractivity contribution in [2.24, 2.45) is 0 Å². The fourth-order valence-electron chi connectivity index (χ4n) is 2.81. The van der Waals surface area contributed by atoms with Crippen LogP contribution in [0.4, 0.5) is 5.95 Å². The molecule has 4 heterocycles. The SMILES string of the molecule is CCNc1ncc(-c2nccn2-c2c(C)nn(-c3nn[nH]n3)c2C)cn1. The Morgan fingerprint density at radius 1 is 1.15 bits per heavy atom. The first-order chi connectivity index (χ1) is 12.7. The summed E-state index contributed by atoms with van der Waals surface area (Å²) >= 11 is 0. The molecule has 132 valence electrons. The van der Waals surface area contributed by atoms with E-state index < -0.39 is 0 Å². The summed E-state index contributed by atoms with van der Waals surface area (Å²) in [4.78, 5) is 13.1. The second kappa shape index (κ2) is 6.35. The second-order valence-corrected chi connectivity index (χ2v) is 5.59. The number of aromatic nitrogens is 10. The van der Waals surface area contributed by atoms with Crippen molar-refractivity contribution in [2.45, 2.75) is 20.8 Å². The van der Waals surface area contributed by atoms with Crippen LogP contribution in [0.25, 0.3) is 23.0 Å². The predicted molar refractivity (Wildman–Crippen MR) is 93.1 cm³/mol. The van der Waals surface area contributed by atoms with Gasteiger partial charge in [-0.3, -0.25) is 4.57 Å². The molecule has 4 rings (SSSR count). The Bertz CT molecular complexity index is 1010. The number of nitrogens with zero attached hydrogens (tertiary/aromatic N) is 9. The molecule has 0 aromatic carbocycles. The van der Waals surface area contributed by atoms with Gasteiger partial charge in [-0.25, -0.2) is 15.0 Å². The van der Waals surface area contributed by atoms with Crippen LogP contribution in [0, 0.1) is 13.8 Å². The molecule has 0 saturated heterocycles. The van der Waals surface area contributed by atoms with E-state index in [9.17, 15) is 0 Å². The standard InChI is InChI=1S/C15H17N11/c1-4-16-14-18-7-11(8-19-14)13-17-5-6-25(13)12-9(2)22-26(10(12)3)15-20-23-24-21-15/h5-8H,4H2,1-3H3,(H,16,18,19)(H,20,21,23,24). The van der Waals surface area contributed by atoms with E-state index in [4.69, 9.17) is 0 Å². The lowest BCUT2D eigenvalue weighted by molar-refractivity contribution is 0.776. The normalized spacial score (nSPS) is 11.0. The smallest absolute Gasteiger partial charge is 0.290 e. The molecule has 0 saturated carbocycles. The summed E-state index contributed by atoms with van der Waals surface area (Å²) in [5.74, 6) is 1.70. The van der Waals surface area contributed by atoms with E-state index in [0.717, 1.165) is 35.0 Å². The predicted octanol–water partition coefficient (Wildman–Crippen LogP) is 1.08. The van der Waals surface area contributed by atoms with E-state index in [-0.39, 0.29) is 0 Å². The van der Waals surface area contributed by atoms with Crippen LogP contribution in [-0.4, -0.2) is 56.5 Å². The summed E-state index contributed by atoms with van der Waals surface area (Å²) in [6.45, 7) is 6.63. The third-order valence-corrected chi connectivity index (χ3v) is 3.90. The van der Waals surface area contributed by atoms with Crippen LogP contribution < -0.4 is 5.32 Å². The monoisotopic (exact) mass is 351 g/mol. The Kier molecular flexibility index (Phi) is 3.88. The van der Waals surface area contributed by atoms with E-state index in [1.54, 1.807) is 23.3 Å². The molecule has 0 radical (unpaired) electrons. The van der Waals surface area contributed by atoms with Crippen molar-refractivity contribution in [3.63, 3.8) is 0 Å². The van der Waals surface area contributed by atoms with Crippen LogP contribution in [0.1, 0.15) is 18.3 Å². The third kappa shape index (κ3) is 2.59. The molecule has 0 aliphatic carbocycles. The highest BCUT2D eigenvalue weighted by Crippen LogP contribution is 2.26. The average Bonchev–Trinajstić information content (AvgIpc) is 3.37. The molecule has 0 atom stereocenters. The Labute approximate surface area is 148 Å². The summed E-state index contributed by atoms with van der Waals surface area (Å²) in [5, 5.41) is 21.6. The fraction of sp³-hybridized carbons (Fsp3) is 0.267. The quantitative estimate of drug-likeness (QED) is 0.546. The minimum absolute atomic E-state index is 0.386. The van der Waals surface area contributed by atoms with E-state index in [1.165, 1.54) is 0 Å². The molecule has 11 nitrogen and oxygen atoms in total. The molecule has 0 fully saturated rings. The fourth-order valence-corrected chi connectivity index (χ4v) is 2.81. The minimum atomic E-state index is 0.386. The zero-order valence-electron chi connectivity index (χ0n) is 14.5. The van der Waals surface area contributed by atoms with Gasteiger partial charge in [-0.1, -0.05) is 5.10 Å². The van der Waals surface area contributed by atoms with Gasteiger partial charge in [-0.05, 0) is 26.0 Å². The van der Waals surface area contributed by atoms with Crippen LogP contribution in [0.3, 0.4) is 0 Å². The van der Waals surface area contributed by atoms with Gasteiger partial charge in [0.05, 0.1) is 22.6 Å². The van der Waals surface area contributed by atoms with Gasteiger partial charge < -0.3 is 5.32 Å². The number of aromatic amines is 1. The van der Waals surface area contributed by atoms with E-state index in [1.807, 2.05) is 31.5 Å². The van der Waals surface area contributed by atoms with Crippen molar-refractivity contribution in [3.05, 3.63) is 36.2 Å². The summed E-state index contributed by atoms with van der Waals surface area (Å²) < 4.78 is 3.60. The highest BCUT2D eigenvalue weighted by molar-refractivity contribution is 5.59. The lowest BCUT2D eigenvalue weighted by Gasteiger charge is -2.09. The summed E-state index contributed by atoms with van der Waals surface area (Å²) in [6.07, 6.45) is 7.11. The molecule has 0 bridgehead atoms. The number of nitrogens with one attached hydrogen (secondary N) is 2. The van der Waals surface area contributed by atoms with Crippen LogP contribution >= 0.6 is 0 Å². The number of H-pyrrole nitrogens is 1. The van der Waals surface area contributed by atoms with Gasteiger partial charge in [0.2, 0.25) is 5.95 Å². The number of hydrogen-bond donors (Lipinski definition) is 2. The topological polar surface area (TPSA) is 128 Å². The molecule has 26 heavy (non-hydrogen) atoms. The largest absolute Gasteiger partial charge is 0.355 e. The molecular weight excluding hydrogens is 334 g/mol. The zero-order chi connectivity index (χ0) is 18.1. The summed E-state index contributed by atoms with van der Waals surface area (Å²) in [5.41, 5.74) is 3.39. The maximum absolute atomic E-state index is 4.52. The van der Waals surface area contributed by atoms with Gasteiger partial charge in [-0.15, -0.1) is 5.10 Å². The lowest BCUT2D eigenvalue weighted by atomic mass is 10.2. The van der Waals surface area contributed by atoms with Gasteiger partial charge in [-0.2, -0.15) is 15.0 Å². The van der Waals surface area contributed by atoms with Crippen molar-refractivity contribution < 1.29 is 0 Å². The Morgan fingerprint density at radius 2 is 1.96 bits per heavy atom. The number of aryl methyl sites for hydroxylation is 1. The molecule has 4 aromatic heterocycles. The molecular formula is C15H17N11. The van der Waals surface area contributed by atoms with Crippen molar-refractivity contribution in [1.29, 1.82) is 0 Å². The van der Waals surface area contributed by atoms with Crippen LogP contribution in [0.5, 0.6) is 0 Å². The third-order valence-electron chi connectivity index (χ3n) is 3.90. The molecule has 0 unspecified atom stereocenters. The number of anilines is 1. The number of tetrazole rings is 1. The second-order valence-electron chi connectivity index (χ2n) is 5.59.